The van der Waals surface area contributed by atoms with Crippen LogP contribution in [0.25, 0.3) is 11.1 Å². The van der Waals surface area contributed by atoms with E-state index in [9.17, 15) is 4.39 Å². The molecule has 2 N–H and O–H groups in total. The molecule has 0 spiro atoms. The minimum Gasteiger partial charge on any atom is -0.469 e. The van der Waals surface area contributed by atoms with E-state index < -0.39 is 0 Å². The molecule has 0 unspecified atom stereocenters. The maximum atomic E-state index is 13.9. The van der Waals surface area contributed by atoms with Crippen molar-refractivity contribution in [3.63, 3.8) is 0 Å². The van der Waals surface area contributed by atoms with Crippen LogP contribution in [-0.4, -0.2) is 5.16 Å². The highest BCUT2D eigenvalue weighted by atomic mass is 19.1. The number of rotatable bonds is 4. The van der Waals surface area contributed by atoms with E-state index in [2.05, 4.69) is 5.16 Å². The molecule has 0 radical (unpaired) electrons. The van der Waals surface area contributed by atoms with Gasteiger partial charge in [0.2, 0.25) is 0 Å². The lowest BCUT2D eigenvalue weighted by Crippen LogP contribution is -1.95. The third-order valence-electron chi connectivity index (χ3n) is 3.11. The summed E-state index contributed by atoms with van der Waals surface area (Å²) in [4.78, 5) is 0. The molecule has 20 heavy (non-hydrogen) atoms. The fourth-order valence-electron chi connectivity index (χ4n) is 2.15. The van der Waals surface area contributed by atoms with Crippen molar-refractivity contribution in [1.29, 1.82) is 0 Å². The molecule has 0 aliphatic heterocycles. The zero-order chi connectivity index (χ0) is 13.9. The molecule has 2 aromatic heterocycles. The Morgan fingerprint density at radius 1 is 1.10 bits per heavy atom. The highest BCUT2D eigenvalue weighted by molar-refractivity contribution is 5.75. The summed E-state index contributed by atoms with van der Waals surface area (Å²) in [6.07, 6.45) is 2.80. The Morgan fingerprint density at radius 2 is 1.95 bits per heavy atom. The number of halogens is 1. The maximum Gasteiger partial charge on any atom is 0.175 e. The lowest BCUT2D eigenvalue weighted by atomic mass is 10.0. The standard InChI is InChI=1S/C15H13FN2O2/c16-12-6-2-1-5-11(12)14-13(20-18-15(14)17)8-7-10-4-3-9-19-10/h1-6,9H,7-8H2,(H2,17,18). The Morgan fingerprint density at radius 3 is 2.70 bits per heavy atom. The van der Waals surface area contributed by atoms with Gasteiger partial charge in [0.05, 0.1) is 11.8 Å². The number of hydrogen-bond acceptors (Lipinski definition) is 4. The fraction of sp³-hybridized carbons (Fsp3) is 0.133. The van der Waals surface area contributed by atoms with Gasteiger partial charge in [-0.05, 0) is 18.2 Å². The van der Waals surface area contributed by atoms with Crippen molar-refractivity contribution in [2.45, 2.75) is 12.8 Å². The average molecular weight is 272 g/mol. The first-order chi connectivity index (χ1) is 9.75. The molecule has 102 valence electrons. The van der Waals surface area contributed by atoms with Gasteiger partial charge in [0.1, 0.15) is 17.3 Å². The number of anilines is 1. The average Bonchev–Trinajstić information content (AvgIpc) is 3.07. The predicted octanol–water partition coefficient (Wildman–Crippen LogP) is 3.44. The lowest BCUT2D eigenvalue weighted by molar-refractivity contribution is 0.381. The number of nitrogens with zero attached hydrogens (tertiary/aromatic N) is 1. The number of nitrogens with two attached hydrogens (primary N) is 1. The van der Waals surface area contributed by atoms with Crippen molar-refractivity contribution in [2.24, 2.45) is 0 Å². The summed E-state index contributed by atoms with van der Waals surface area (Å²) in [5.74, 6) is 1.25. The van der Waals surface area contributed by atoms with E-state index in [4.69, 9.17) is 14.7 Å². The van der Waals surface area contributed by atoms with Crippen molar-refractivity contribution in [2.75, 3.05) is 5.73 Å². The lowest BCUT2D eigenvalue weighted by Gasteiger charge is -2.03. The van der Waals surface area contributed by atoms with Gasteiger partial charge in [-0.15, -0.1) is 0 Å². The summed E-state index contributed by atoms with van der Waals surface area (Å²) in [5.41, 5.74) is 6.72. The molecule has 2 heterocycles. The molecule has 0 fully saturated rings. The largest absolute Gasteiger partial charge is 0.469 e. The van der Waals surface area contributed by atoms with Crippen molar-refractivity contribution < 1.29 is 13.3 Å². The number of aromatic nitrogens is 1. The molecular formula is C15H13FN2O2. The summed E-state index contributed by atoms with van der Waals surface area (Å²) in [7, 11) is 0. The second kappa shape index (κ2) is 5.21. The van der Waals surface area contributed by atoms with Gasteiger partial charge in [0.15, 0.2) is 5.82 Å². The second-order valence-electron chi connectivity index (χ2n) is 4.43. The van der Waals surface area contributed by atoms with Crippen LogP contribution in [0.1, 0.15) is 11.5 Å². The van der Waals surface area contributed by atoms with E-state index in [1.165, 1.54) is 6.07 Å². The smallest absolute Gasteiger partial charge is 0.175 e. The Balaban J connectivity index is 1.92. The first kappa shape index (κ1) is 12.5. The van der Waals surface area contributed by atoms with Gasteiger partial charge in [-0.25, -0.2) is 4.39 Å². The number of benzene rings is 1. The van der Waals surface area contributed by atoms with Gasteiger partial charge in [-0.2, -0.15) is 0 Å². The minimum absolute atomic E-state index is 0.199. The van der Waals surface area contributed by atoms with Crippen LogP contribution in [0.3, 0.4) is 0 Å². The summed E-state index contributed by atoms with van der Waals surface area (Å²) < 4.78 is 24.4. The monoisotopic (exact) mass is 272 g/mol. The fourth-order valence-corrected chi connectivity index (χ4v) is 2.15. The third-order valence-corrected chi connectivity index (χ3v) is 3.11. The van der Waals surface area contributed by atoms with Crippen molar-refractivity contribution >= 4 is 5.82 Å². The second-order valence-corrected chi connectivity index (χ2v) is 4.43. The van der Waals surface area contributed by atoms with Crippen molar-refractivity contribution in [1.82, 2.24) is 5.16 Å². The molecule has 0 aliphatic carbocycles. The quantitative estimate of drug-likeness (QED) is 0.790. The van der Waals surface area contributed by atoms with E-state index in [0.717, 1.165) is 5.76 Å². The van der Waals surface area contributed by atoms with Gasteiger partial charge in [0.25, 0.3) is 0 Å². The molecule has 3 aromatic rings. The Labute approximate surface area is 115 Å². The number of nitrogen functional groups attached to an aromatic ring is 1. The molecule has 0 atom stereocenters. The van der Waals surface area contributed by atoms with Gasteiger partial charge in [-0.3, -0.25) is 0 Å². The minimum atomic E-state index is -0.346. The molecule has 0 saturated carbocycles. The highest BCUT2D eigenvalue weighted by Crippen LogP contribution is 2.32. The van der Waals surface area contributed by atoms with Crippen molar-refractivity contribution in [3.8, 4) is 11.1 Å². The first-order valence-corrected chi connectivity index (χ1v) is 6.27. The number of aryl methyl sites for hydroxylation is 2. The van der Waals surface area contributed by atoms with Crippen molar-refractivity contribution in [3.05, 3.63) is 60.0 Å². The van der Waals surface area contributed by atoms with Gasteiger partial charge in [-0.1, -0.05) is 23.4 Å². The van der Waals surface area contributed by atoms with Gasteiger partial charge < -0.3 is 14.7 Å². The predicted molar refractivity (Wildman–Crippen MR) is 72.4 cm³/mol. The van der Waals surface area contributed by atoms with E-state index in [1.54, 1.807) is 24.5 Å². The van der Waals surface area contributed by atoms with Crippen LogP contribution in [0, 0.1) is 5.82 Å². The van der Waals surface area contributed by atoms with Crippen LogP contribution in [0.4, 0.5) is 10.2 Å². The summed E-state index contributed by atoms with van der Waals surface area (Å²) in [5, 5.41) is 3.74. The summed E-state index contributed by atoms with van der Waals surface area (Å²) in [6, 6.07) is 10.1. The zero-order valence-electron chi connectivity index (χ0n) is 10.7. The normalized spacial score (nSPS) is 10.8. The summed E-state index contributed by atoms with van der Waals surface area (Å²) in [6.45, 7) is 0. The van der Waals surface area contributed by atoms with E-state index >= 15 is 0 Å². The van der Waals surface area contributed by atoms with Crippen LogP contribution in [0.2, 0.25) is 0 Å². The van der Waals surface area contributed by atoms with Crippen LogP contribution < -0.4 is 5.73 Å². The molecule has 1 aromatic carbocycles. The molecule has 0 saturated heterocycles. The van der Waals surface area contributed by atoms with Gasteiger partial charge in [0, 0.05) is 18.4 Å². The van der Waals surface area contributed by atoms with E-state index in [1.807, 2.05) is 12.1 Å². The van der Waals surface area contributed by atoms with Crippen LogP contribution in [-0.2, 0) is 12.8 Å². The molecule has 0 bridgehead atoms. The Kier molecular flexibility index (Phi) is 3.25. The molecule has 0 amide bonds. The number of furan rings is 1. The topological polar surface area (TPSA) is 65.2 Å². The van der Waals surface area contributed by atoms with E-state index in [0.29, 0.717) is 29.7 Å². The molecule has 4 nitrogen and oxygen atoms in total. The Bertz CT molecular complexity index is 704. The zero-order valence-corrected chi connectivity index (χ0v) is 10.7. The number of hydrogen-bond donors (Lipinski definition) is 1. The van der Waals surface area contributed by atoms with Crippen LogP contribution in [0.5, 0.6) is 0 Å². The van der Waals surface area contributed by atoms with Crippen LogP contribution >= 0.6 is 0 Å². The SMILES string of the molecule is Nc1noc(CCc2ccco2)c1-c1ccccc1F. The molecule has 3 rings (SSSR count). The Hall–Kier alpha value is -2.56. The highest BCUT2D eigenvalue weighted by Gasteiger charge is 2.18. The first-order valence-electron chi connectivity index (χ1n) is 6.27. The maximum absolute atomic E-state index is 13.9. The third kappa shape index (κ3) is 2.30. The molecule has 5 heteroatoms. The summed E-state index contributed by atoms with van der Waals surface area (Å²) >= 11 is 0. The van der Waals surface area contributed by atoms with Gasteiger partial charge >= 0.3 is 0 Å². The molecule has 0 aliphatic rings. The van der Waals surface area contributed by atoms with Crippen LogP contribution in [0.15, 0.2) is 51.6 Å². The van der Waals surface area contributed by atoms with E-state index in [-0.39, 0.29) is 11.6 Å². The molecular weight excluding hydrogens is 259 g/mol.